The van der Waals surface area contributed by atoms with Gasteiger partial charge in [0.1, 0.15) is 0 Å². The van der Waals surface area contributed by atoms with Crippen LogP contribution in [0, 0.1) is 11.8 Å². The van der Waals surface area contributed by atoms with E-state index < -0.39 is 0 Å². The van der Waals surface area contributed by atoms with Crippen LogP contribution < -0.4 is 0 Å². The highest BCUT2D eigenvalue weighted by atomic mass is 32.2. The lowest BCUT2D eigenvalue weighted by Gasteiger charge is -1.99. The third-order valence-electron chi connectivity index (χ3n) is 2.33. The van der Waals surface area contributed by atoms with Gasteiger partial charge in [0.25, 0.3) is 0 Å². The molecule has 94 valence electrons. The fraction of sp³-hybridized carbons (Fsp3) is 0.571. The van der Waals surface area contributed by atoms with E-state index in [9.17, 15) is 0 Å². The fourth-order valence-corrected chi connectivity index (χ4v) is 3.43. The molecule has 0 unspecified atom stereocenters. The maximum atomic E-state index is 8.68. The molecule has 0 bridgehead atoms. The number of aliphatic hydroxyl groups excluding tert-OH is 1. The number of rotatable bonds is 7. The van der Waals surface area contributed by atoms with Crippen LogP contribution in [-0.4, -0.2) is 17.5 Å². The molecular weight excluding hydrogens is 248 g/mol. The predicted molar refractivity (Wildman–Crippen MR) is 78.6 cm³/mol. The Hall–Kier alpha value is -0.430. The number of thiophene rings is 1. The molecular formula is C14H20OS2. The molecule has 3 heteroatoms. The molecule has 0 aliphatic rings. The van der Waals surface area contributed by atoms with E-state index in [1.165, 1.54) is 29.9 Å². The first-order valence-corrected chi connectivity index (χ1v) is 8.15. The Morgan fingerprint density at radius 1 is 1.41 bits per heavy atom. The highest BCUT2D eigenvalue weighted by Gasteiger charge is 2.01. The van der Waals surface area contributed by atoms with Crippen LogP contribution in [0.4, 0.5) is 0 Å². The molecule has 1 aromatic heterocycles. The molecule has 0 aliphatic heterocycles. The largest absolute Gasteiger partial charge is 0.395 e. The Morgan fingerprint density at radius 3 is 3.06 bits per heavy atom. The summed E-state index contributed by atoms with van der Waals surface area (Å²) in [5.74, 6) is 8.44. The van der Waals surface area contributed by atoms with Gasteiger partial charge >= 0.3 is 0 Å². The van der Waals surface area contributed by atoms with Gasteiger partial charge in [0, 0.05) is 22.6 Å². The summed E-state index contributed by atoms with van der Waals surface area (Å²) in [6.07, 6.45) is 4.51. The summed E-state index contributed by atoms with van der Waals surface area (Å²) in [5.41, 5.74) is 1.14. The Balaban J connectivity index is 2.33. The molecule has 1 nitrogen and oxygen atoms in total. The van der Waals surface area contributed by atoms with Gasteiger partial charge in [-0.3, -0.25) is 0 Å². The molecule has 0 saturated heterocycles. The molecule has 0 spiro atoms. The maximum Gasteiger partial charge on any atom is 0.0540 e. The van der Waals surface area contributed by atoms with E-state index in [-0.39, 0.29) is 6.61 Å². The van der Waals surface area contributed by atoms with Crippen molar-refractivity contribution in [2.45, 2.75) is 38.4 Å². The van der Waals surface area contributed by atoms with Crippen molar-refractivity contribution in [2.24, 2.45) is 0 Å². The Bertz CT molecular complexity index is 360. The molecule has 0 atom stereocenters. The normalized spacial score (nSPS) is 10.0. The average Bonchev–Trinajstić information content (AvgIpc) is 2.77. The first-order chi connectivity index (χ1) is 8.38. The summed E-state index contributed by atoms with van der Waals surface area (Å²) in [5, 5.41) is 10.8. The third-order valence-corrected chi connectivity index (χ3v) is 4.50. The van der Waals surface area contributed by atoms with Crippen molar-refractivity contribution in [3.63, 3.8) is 0 Å². The minimum absolute atomic E-state index is 0.151. The fourth-order valence-electron chi connectivity index (χ4n) is 1.40. The van der Waals surface area contributed by atoms with Crippen molar-refractivity contribution in [1.29, 1.82) is 0 Å². The Kier molecular flexibility index (Phi) is 8.25. The van der Waals surface area contributed by atoms with Crippen LogP contribution in [0.3, 0.4) is 0 Å². The van der Waals surface area contributed by atoms with E-state index in [2.05, 4.69) is 30.2 Å². The average molecular weight is 268 g/mol. The number of hydrogen-bond acceptors (Lipinski definition) is 3. The zero-order valence-corrected chi connectivity index (χ0v) is 12.0. The number of hydrogen-bond donors (Lipinski definition) is 1. The van der Waals surface area contributed by atoms with Gasteiger partial charge in [0.15, 0.2) is 0 Å². The molecule has 0 saturated carbocycles. The van der Waals surface area contributed by atoms with Gasteiger partial charge in [-0.15, -0.1) is 11.3 Å². The van der Waals surface area contributed by atoms with E-state index in [0.717, 1.165) is 11.3 Å². The molecule has 0 aliphatic carbocycles. The summed E-state index contributed by atoms with van der Waals surface area (Å²) in [6, 6.07) is 2.08. The van der Waals surface area contributed by atoms with Gasteiger partial charge in [-0.05, 0) is 23.6 Å². The van der Waals surface area contributed by atoms with E-state index in [1.54, 1.807) is 11.3 Å². The smallest absolute Gasteiger partial charge is 0.0540 e. The molecule has 0 aromatic carbocycles. The van der Waals surface area contributed by atoms with Crippen molar-refractivity contribution >= 4 is 23.1 Å². The predicted octanol–water partition coefficient (Wildman–Crippen LogP) is 3.91. The van der Waals surface area contributed by atoms with Crippen LogP contribution in [0.5, 0.6) is 0 Å². The second-order valence-corrected chi connectivity index (χ2v) is 5.90. The second kappa shape index (κ2) is 9.58. The molecule has 1 aromatic rings. The van der Waals surface area contributed by atoms with Crippen molar-refractivity contribution in [3.05, 3.63) is 21.9 Å². The maximum absolute atomic E-state index is 8.68. The molecule has 1 heterocycles. The minimum Gasteiger partial charge on any atom is -0.395 e. The molecule has 17 heavy (non-hydrogen) atoms. The molecule has 1 rings (SSSR count). The van der Waals surface area contributed by atoms with Crippen LogP contribution in [0.15, 0.2) is 11.4 Å². The number of unbranched alkanes of at least 4 members (excludes halogenated alkanes) is 2. The van der Waals surface area contributed by atoms with Crippen LogP contribution in [-0.2, 0) is 5.75 Å². The Labute approximate surface area is 113 Å². The highest BCUT2D eigenvalue weighted by molar-refractivity contribution is 7.98. The number of thioether (sulfide) groups is 1. The molecule has 0 amide bonds. The van der Waals surface area contributed by atoms with Crippen molar-refractivity contribution in [3.8, 4) is 11.8 Å². The summed E-state index contributed by atoms with van der Waals surface area (Å²) < 4.78 is 0. The topological polar surface area (TPSA) is 20.2 Å². The highest BCUT2D eigenvalue weighted by Crippen LogP contribution is 2.22. The lowest BCUT2D eigenvalue weighted by molar-refractivity contribution is 0.305. The van der Waals surface area contributed by atoms with Crippen LogP contribution >= 0.6 is 23.1 Å². The van der Waals surface area contributed by atoms with Gasteiger partial charge in [-0.25, -0.2) is 0 Å². The van der Waals surface area contributed by atoms with Gasteiger partial charge in [0.05, 0.1) is 6.61 Å². The lowest BCUT2D eigenvalue weighted by Crippen LogP contribution is -1.84. The number of aliphatic hydroxyl groups is 1. The minimum atomic E-state index is 0.151. The first kappa shape index (κ1) is 14.6. The summed E-state index contributed by atoms with van der Waals surface area (Å²) in [7, 11) is 0. The standard InChI is InChI=1S/C14H20OS2/c1-2-3-6-10-16-12-14-13(8-11-17-14)7-4-5-9-15/h8,11,15H,2-3,5-6,9-10,12H2,1H3. The zero-order valence-electron chi connectivity index (χ0n) is 10.4. The molecule has 0 radical (unpaired) electrons. The van der Waals surface area contributed by atoms with Gasteiger partial charge < -0.3 is 5.11 Å². The molecule has 1 N–H and O–H groups in total. The third kappa shape index (κ3) is 6.16. The summed E-state index contributed by atoms with van der Waals surface area (Å²) in [6.45, 7) is 2.39. The van der Waals surface area contributed by atoms with E-state index in [0.29, 0.717) is 6.42 Å². The first-order valence-electron chi connectivity index (χ1n) is 6.12. The van der Waals surface area contributed by atoms with Crippen LogP contribution in [0.2, 0.25) is 0 Å². The van der Waals surface area contributed by atoms with Crippen molar-refractivity contribution in [2.75, 3.05) is 12.4 Å². The quantitative estimate of drug-likeness (QED) is 0.598. The van der Waals surface area contributed by atoms with Gasteiger partial charge in [-0.1, -0.05) is 31.6 Å². The Morgan fingerprint density at radius 2 is 2.29 bits per heavy atom. The van der Waals surface area contributed by atoms with Crippen molar-refractivity contribution < 1.29 is 5.11 Å². The van der Waals surface area contributed by atoms with E-state index >= 15 is 0 Å². The van der Waals surface area contributed by atoms with Gasteiger partial charge in [-0.2, -0.15) is 11.8 Å². The van der Waals surface area contributed by atoms with Gasteiger partial charge in [0.2, 0.25) is 0 Å². The van der Waals surface area contributed by atoms with Crippen LogP contribution in [0.1, 0.15) is 43.0 Å². The SMILES string of the molecule is CCCCCSCc1sccc1C#CCCO. The lowest BCUT2D eigenvalue weighted by atomic mass is 10.2. The summed E-state index contributed by atoms with van der Waals surface area (Å²) in [4.78, 5) is 1.37. The summed E-state index contributed by atoms with van der Waals surface area (Å²) >= 11 is 3.78. The zero-order chi connectivity index (χ0) is 12.3. The monoisotopic (exact) mass is 268 g/mol. The second-order valence-electron chi connectivity index (χ2n) is 3.79. The molecule has 0 fully saturated rings. The van der Waals surface area contributed by atoms with Crippen LogP contribution in [0.25, 0.3) is 0 Å². The van der Waals surface area contributed by atoms with E-state index in [4.69, 9.17) is 5.11 Å². The van der Waals surface area contributed by atoms with E-state index in [1.807, 2.05) is 11.8 Å². The van der Waals surface area contributed by atoms with Crippen molar-refractivity contribution in [1.82, 2.24) is 0 Å².